The average molecular weight is 262 g/mol. The molecule has 0 aromatic carbocycles. The summed E-state index contributed by atoms with van der Waals surface area (Å²) in [5.41, 5.74) is 2.43. The number of aryl methyl sites for hydroxylation is 3. The highest BCUT2D eigenvalue weighted by atomic mass is 15.3. The Labute approximate surface area is 116 Å². The maximum atomic E-state index is 4.30. The first kappa shape index (κ1) is 17.2. The molecular weight excluding hydrogens is 236 g/mol. The molecule has 2 heterocycles. The predicted octanol–water partition coefficient (Wildman–Crippen LogP) is 4.23. The summed E-state index contributed by atoms with van der Waals surface area (Å²) in [5, 5.41) is 7.29. The zero-order chi connectivity index (χ0) is 14.8. The topological polar surface area (TPSA) is 42.7 Å². The molecule has 0 aliphatic rings. The van der Waals surface area contributed by atoms with E-state index in [1.165, 1.54) is 11.1 Å². The zero-order valence-electron chi connectivity index (χ0n) is 13.2. The van der Waals surface area contributed by atoms with Gasteiger partial charge in [-0.05, 0) is 31.0 Å². The van der Waals surface area contributed by atoms with Gasteiger partial charge in [0.15, 0.2) is 0 Å². The predicted molar refractivity (Wildman–Crippen MR) is 82.9 cm³/mol. The quantitative estimate of drug-likeness (QED) is 0.880. The lowest BCUT2D eigenvalue weighted by Crippen LogP contribution is -2.01. The second-order valence-electron chi connectivity index (χ2n) is 3.62. The number of rotatable bonds is 2. The summed E-state index contributed by atoms with van der Waals surface area (Å²) in [5.74, 6) is 1.78. The summed E-state index contributed by atoms with van der Waals surface area (Å²) >= 11 is 0. The van der Waals surface area contributed by atoms with Gasteiger partial charge in [0, 0.05) is 19.3 Å². The normalized spacial score (nSPS) is 8.79. The van der Waals surface area contributed by atoms with Crippen LogP contribution in [0.1, 0.15) is 38.8 Å². The fourth-order valence-corrected chi connectivity index (χ4v) is 1.32. The first-order valence-electron chi connectivity index (χ1n) is 6.85. The molecule has 0 atom stereocenters. The zero-order valence-corrected chi connectivity index (χ0v) is 13.2. The van der Waals surface area contributed by atoms with Gasteiger partial charge in [0.25, 0.3) is 0 Å². The highest BCUT2D eigenvalue weighted by Crippen LogP contribution is 2.15. The van der Waals surface area contributed by atoms with Gasteiger partial charge in [-0.2, -0.15) is 5.10 Å². The third-order valence-electron chi connectivity index (χ3n) is 2.45. The van der Waals surface area contributed by atoms with Gasteiger partial charge in [-0.25, -0.2) is 4.98 Å². The largest absolute Gasteiger partial charge is 0.325 e. The van der Waals surface area contributed by atoms with E-state index < -0.39 is 0 Å². The van der Waals surface area contributed by atoms with Crippen molar-refractivity contribution in [3.63, 3.8) is 0 Å². The highest BCUT2D eigenvalue weighted by Gasteiger charge is 2.01. The maximum Gasteiger partial charge on any atom is 0.131 e. The van der Waals surface area contributed by atoms with Crippen LogP contribution in [-0.2, 0) is 7.05 Å². The van der Waals surface area contributed by atoms with Crippen LogP contribution in [0.25, 0.3) is 0 Å². The third-order valence-corrected chi connectivity index (χ3v) is 2.45. The monoisotopic (exact) mass is 262 g/mol. The lowest BCUT2D eigenvalue weighted by molar-refractivity contribution is 0.776. The summed E-state index contributed by atoms with van der Waals surface area (Å²) in [4.78, 5) is 4.30. The van der Waals surface area contributed by atoms with Crippen LogP contribution in [0.15, 0.2) is 24.5 Å². The SMILES string of the molecule is CC.CC.Cc1cnc(Nc2ccnn2C)cc1C. The molecule has 0 saturated heterocycles. The fraction of sp³-hybridized carbons (Fsp3) is 0.467. The van der Waals surface area contributed by atoms with Crippen LogP contribution in [0, 0.1) is 13.8 Å². The van der Waals surface area contributed by atoms with Gasteiger partial charge in [0.05, 0.1) is 6.20 Å². The van der Waals surface area contributed by atoms with Crippen molar-refractivity contribution in [3.8, 4) is 0 Å². The Morgan fingerprint density at radius 1 is 1.05 bits per heavy atom. The summed E-state index contributed by atoms with van der Waals surface area (Å²) in [7, 11) is 1.89. The smallest absolute Gasteiger partial charge is 0.131 e. The molecule has 0 aliphatic heterocycles. The van der Waals surface area contributed by atoms with E-state index in [9.17, 15) is 0 Å². The van der Waals surface area contributed by atoms with Crippen LogP contribution in [0.3, 0.4) is 0 Å². The van der Waals surface area contributed by atoms with Crippen LogP contribution in [-0.4, -0.2) is 14.8 Å². The Morgan fingerprint density at radius 2 is 1.68 bits per heavy atom. The maximum absolute atomic E-state index is 4.30. The molecule has 0 radical (unpaired) electrons. The molecule has 2 aromatic rings. The summed E-state index contributed by atoms with van der Waals surface area (Å²) in [6.45, 7) is 12.1. The van der Waals surface area contributed by atoms with Crippen molar-refractivity contribution in [1.82, 2.24) is 14.8 Å². The van der Waals surface area contributed by atoms with E-state index in [0.29, 0.717) is 0 Å². The van der Waals surface area contributed by atoms with E-state index in [-0.39, 0.29) is 0 Å². The van der Waals surface area contributed by atoms with E-state index in [4.69, 9.17) is 0 Å². The standard InChI is InChI=1S/C11H14N4.2C2H6/c1-8-6-10(12-7-9(8)2)14-11-4-5-13-15(11)3;2*1-2/h4-7H,1-3H3,(H,12,14);2*1-2H3. The molecule has 106 valence electrons. The minimum Gasteiger partial charge on any atom is -0.325 e. The Morgan fingerprint density at radius 3 is 2.16 bits per heavy atom. The molecule has 0 bridgehead atoms. The Kier molecular flexibility index (Phi) is 8.25. The van der Waals surface area contributed by atoms with E-state index in [2.05, 4.69) is 29.2 Å². The number of anilines is 2. The van der Waals surface area contributed by atoms with Gasteiger partial charge in [0.1, 0.15) is 11.6 Å². The van der Waals surface area contributed by atoms with Gasteiger partial charge < -0.3 is 5.32 Å². The third kappa shape index (κ3) is 5.12. The van der Waals surface area contributed by atoms with Gasteiger partial charge in [-0.15, -0.1) is 0 Å². The number of nitrogens with one attached hydrogen (secondary N) is 1. The number of hydrogen-bond donors (Lipinski definition) is 1. The Bertz CT molecular complexity index is 475. The lowest BCUT2D eigenvalue weighted by atomic mass is 10.2. The molecule has 4 nitrogen and oxygen atoms in total. The van der Waals surface area contributed by atoms with Gasteiger partial charge in [-0.1, -0.05) is 27.7 Å². The van der Waals surface area contributed by atoms with E-state index in [0.717, 1.165) is 11.6 Å². The van der Waals surface area contributed by atoms with Crippen molar-refractivity contribution in [2.75, 3.05) is 5.32 Å². The summed E-state index contributed by atoms with van der Waals surface area (Å²) in [6, 6.07) is 3.94. The average Bonchev–Trinajstić information content (AvgIpc) is 2.84. The first-order valence-corrected chi connectivity index (χ1v) is 6.85. The second-order valence-corrected chi connectivity index (χ2v) is 3.62. The Balaban J connectivity index is 0.000000741. The molecule has 2 aromatic heterocycles. The van der Waals surface area contributed by atoms with Crippen molar-refractivity contribution >= 4 is 11.6 Å². The summed E-state index contributed by atoms with van der Waals surface area (Å²) < 4.78 is 1.77. The number of nitrogens with zero attached hydrogens (tertiary/aromatic N) is 3. The molecule has 2 rings (SSSR count). The molecule has 19 heavy (non-hydrogen) atoms. The molecule has 0 unspecified atom stereocenters. The molecule has 4 heteroatoms. The van der Waals surface area contributed by atoms with Gasteiger partial charge in [-0.3, -0.25) is 4.68 Å². The van der Waals surface area contributed by atoms with Crippen LogP contribution in [0.2, 0.25) is 0 Å². The van der Waals surface area contributed by atoms with Gasteiger partial charge >= 0.3 is 0 Å². The van der Waals surface area contributed by atoms with Crippen molar-refractivity contribution in [2.45, 2.75) is 41.5 Å². The summed E-state index contributed by atoms with van der Waals surface area (Å²) in [6.07, 6.45) is 3.62. The van der Waals surface area contributed by atoms with Crippen LogP contribution < -0.4 is 5.32 Å². The van der Waals surface area contributed by atoms with Crippen molar-refractivity contribution < 1.29 is 0 Å². The van der Waals surface area contributed by atoms with Crippen LogP contribution >= 0.6 is 0 Å². The lowest BCUT2D eigenvalue weighted by Gasteiger charge is -2.07. The number of hydrogen-bond acceptors (Lipinski definition) is 3. The van der Waals surface area contributed by atoms with E-state index in [1.807, 2.05) is 53.1 Å². The number of pyridine rings is 1. The fourth-order valence-electron chi connectivity index (χ4n) is 1.32. The molecule has 0 saturated carbocycles. The van der Waals surface area contributed by atoms with Crippen LogP contribution in [0.5, 0.6) is 0 Å². The number of aromatic nitrogens is 3. The minimum absolute atomic E-state index is 0.849. The van der Waals surface area contributed by atoms with E-state index >= 15 is 0 Å². The first-order chi connectivity index (χ1) is 9.16. The molecule has 0 amide bonds. The highest BCUT2D eigenvalue weighted by molar-refractivity contribution is 5.52. The van der Waals surface area contributed by atoms with Crippen LogP contribution in [0.4, 0.5) is 11.6 Å². The molecule has 1 N–H and O–H groups in total. The van der Waals surface area contributed by atoms with Gasteiger partial charge in [0.2, 0.25) is 0 Å². The molecular formula is C15H26N4. The molecule has 0 aliphatic carbocycles. The Hall–Kier alpha value is -1.84. The molecule has 0 fully saturated rings. The van der Waals surface area contributed by atoms with Crippen molar-refractivity contribution in [2.24, 2.45) is 7.05 Å². The molecule has 0 spiro atoms. The second kappa shape index (κ2) is 9.14. The van der Waals surface area contributed by atoms with Crippen molar-refractivity contribution in [1.29, 1.82) is 0 Å². The minimum atomic E-state index is 0.849. The van der Waals surface area contributed by atoms with E-state index in [1.54, 1.807) is 10.9 Å². The van der Waals surface area contributed by atoms with Crippen molar-refractivity contribution in [3.05, 3.63) is 35.7 Å².